The van der Waals surface area contributed by atoms with Gasteiger partial charge in [0.15, 0.2) is 0 Å². The van der Waals surface area contributed by atoms with Crippen LogP contribution in [-0.2, 0) is 4.79 Å². The largest absolute Gasteiger partial charge is 0.374 e. The standard InChI is InChI=1S/C19H18F2N4O/c1-12-19(13(2)25(24-12)15-6-4-3-5-7-15)23-18(26)11-22-17-10-14(20)8-9-16(17)21/h3-10,22H,11H2,1-2H3,(H,23,26). The maximum Gasteiger partial charge on any atom is 0.243 e. The molecule has 0 atom stereocenters. The van der Waals surface area contributed by atoms with E-state index < -0.39 is 11.6 Å². The summed E-state index contributed by atoms with van der Waals surface area (Å²) in [7, 11) is 0. The number of benzene rings is 2. The maximum atomic E-state index is 13.6. The van der Waals surface area contributed by atoms with E-state index in [-0.39, 0.29) is 18.1 Å². The first-order valence-corrected chi connectivity index (χ1v) is 8.06. The molecular weight excluding hydrogens is 338 g/mol. The van der Waals surface area contributed by atoms with Crippen LogP contribution in [0.2, 0.25) is 0 Å². The van der Waals surface area contributed by atoms with Gasteiger partial charge in [0.05, 0.1) is 35.0 Å². The molecule has 7 heteroatoms. The van der Waals surface area contributed by atoms with Gasteiger partial charge in [-0.05, 0) is 44.2 Å². The van der Waals surface area contributed by atoms with E-state index in [4.69, 9.17) is 0 Å². The van der Waals surface area contributed by atoms with Gasteiger partial charge in [0.1, 0.15) is 11.6 Å². The Hall–Kier alpha value is -3.22. The second-order valence-corrected chi connectivity index (χ2v) is 5.82. The summed E-state index contributed by atoms with van der Waals surface area (Å²) >= 11 is 0. The molecule has 0 bridgehead atoms. The number of hydrogen-bond donors (Lipinski definition) is 2. The maximum absolute atomic E-state index is 13.6. The van der Waals surface area contributed by atoms with Crippen molar-refractivity contribution in [2.45, 2.75) is 13.8 Å². The van der Waals surface area contributed by atoms with Crippen LogP contribution in [0.5, 0.6) is 0 Å². The van der Waals surface area contributed by atoms with Crippen LogP contribution < -0.4 is 10.6 Å². The van der Waals surface area contributed by atoms with Gasteiger partial charge in [-0.2, -0.15) is 5.10 Å². The predicted octanol–water partition coefficient (Wildman–Crippen LogP) is 3.82. The lowest BCUT2D eigenvalue weighted by molar-refractivity contribution is -0.114. The van der Waals surface area contributed by atoms with E-state index >= 15 is 0 Å². The summed E-state index contributed by atoms with van der Waals surface area (Å²) in [5.41, 5.74) is 2.86. The number of amides is 1. The highest BCUT2D eigenvalue weighted by atomic mass is 19.1. The fourth-order valence-corrected chi connectivity index (χ4v) is 2.64. The minimum Gasteiger partial charge on any atom is -0.374 e. The Labute approximate surface area is 149 Å². The first kappa shape index (κ1) is 17.6. The van der Waals surface area contributed by atoms with E-state index in [0.717, 1.165) is 29.6 Å². The average molecular weight is 356 g/mol. The minimum absolute atomic E-state index is 0.0615. The number of aryl methyl sites for hydroxylation is 1. The van der Waals surface area contributed by atoms with Crippen molar-refractivity contribution in [3.63, 3.8) is 0 Å². The zero-order valence-electron chi connectivity index (χ0n) is 14.4. The lowest BCUT2D eigenvalue weighted by Gasteiger charge is -2.09. The van der Waals surface area contributed by atoms with Crippen LogP contribution >= 0.6 is 0 Å². The molecule has 0 aliphatic carbocycles. The number of nitrogens with one attached hydrogen (secondary N) is 2. The van der Waals surface area contributed by atoms with E-state index in [1.807, 2.05) is 37.3 Å². The SMILES string of the molecule is Cc1nn(-c2ccccc2)c(C)c1NC(=O)CNc1cc(F)ccc1F. The summed E-state index contributed by atoms with van der Waals surface area (Å²) in [5, 5.41) is 9.82. The molecular formula is C19H18F2N4O. The summed E-state index contributed by atoms with van der Waals surface area (Å²) in [6, 6.07) is 12.6. The molecule has 0 spiro atoms. The highest BCUT2D eigenvalue weighted by Crippen LogP contribution is 2.22. The molecule has 2 N–H and O–H groups in total. The number of halogens is 2. The summed E-state index contributed by atoms with van der Waals surface area (Å²) < 4.78 is 28.5. The molecule has 1 heterocycles. The van der Waals surface area contributed by atoms with Crippen molar-refractivity contribution >= 4 is 17.3 Å². The second-order valence-electron chi connectivity index (χ2n) is 5.82. The van der Waals surface area contributed by atoms with E-state index in [9.17, 15) is 13.6 Å². The van der Waals surface area contributed by atoms with Gasteiger partial charge in [-0.25, -0.2) is 13.5 Å². The molecule has 3 rings (SSSR count). The van der Waals surface area contributed by atoms with Gasteiger partial charge in [0, 0.05) is 0 Å². The van der Waals surface area contributed by atoms with Crippen LogP contribution in [-0.4, -0.2) is 22.2 Å². The van der Waals surface area contributed by atoms with Gasteiger partial charge in [-0.3, -0.25) is 4.79 Å². The van der Waals surface area contributed by atoms with E-state index in [1.165, 1.54) is 0 Å². The van der Waals surface area contributed by atoms with Gasteiger partial charge in [-0.1, -0.05) is 18.2 Å². The molecule has 0 aliphatic rings. The van der Waals surface area contributed by atoms with Crippen molar-refractivity contribution in [1.29, 1.82) is 0 Å². The molecule has 0 unspecified atom stereocenters. The Morgan fingerprint density at radius 1 is 1.12 bits per heavy atom. The third kappa shape index (κ3) is 3.72. The van der Waals surface area contributed by atoms with Crippen molar-refractivity contribution in [3.05, 3.63) is 71.6 Å². The molecule has 1 aromatic heterocycles. The van der Waals surface area contributed by atoms with Crippen molar-refractivity contribution < 1.29 is 13.6 Å². The summed E-state index contributed by atoms with van der Waals surface area (Å²) in [4.78, 5) is 12.2. The van der Waals surface area contributed by atoms with Crippen molar-refractivity contribution in [2.24, 2.45) is 0 Å². The average Bonchev–Trinajstić information content (AvgIpc) is 2.91. The van der Waals surface area contributed by atoms with Crippen molar-refractivity contribution in [1.82, 2.24) is 9.78 Å². The Bertz CT molecular complexity index is 938. The van der Waals surface area contributed by atoms with Gasteiger partial charge >= 0.3 is 0 Å². The Balaban J connectivity index is 1.72. The molecule has 0 saturated carbocycles. The second kappa shape index (κ2) is 7.35. The molecule has 0 radical (unpaired) electrons. The third-order valence-corrected chi connectivity index (χ3v) is 3.92. The zero-order valence-corrected chi connectivity index (χ0v) is 14.4. The Morgan fingerprint density at radius 3 is 2.58 bits per heavy atom. The molecule has 0 saturated heterocycles. The molecule has 3 aromatic rings. The molecule has 1 amide bonds. The quantitative estimate of drug-likeness (QED) is 0.731. The molecule has 5 nitrogen and oxygen atoms in total. The fraction of sp³-hybridized carbons (Fsp3) is 0.158. The van der Waals surface area contributed by atoms with Crippen molar-refractivity contribution in [2.75, 3.05) is 17.2 Å². The van der Waals surface area contributed by atoms with Crippen LogP contribution in [0.1, 0.15) is 11.4 Å². The number of hydrogen-bond acceptors (Lipinski definition) is 3. The highest BCUT2D eigenvalue weighted by molar-refractivity contribution is 5.94. The highest BCUT2D eigenvalue weighted by Gasteiger charge is 2.15. The molecule has 0 aliphatic heterocycles. The summed E-state index contributed by atoms with van der Waals surface area (Å²) in [6.45, 7) is 3.44. The number of carbonyl (C=O) groups excluding carboxylic acids is 1. The van der Waals surface area contributed by atoms with Crippen LogP contribution in [0.3, 0.4) is 0 Å². The first-order chi connectivity index (χ1) is 12.5. The third-order valence-electron chi connectivity index (χ3n) is 3.92. The number of anilines is 2. The smallest absolute Gasteiger partial charge is 0.243 e. The molecule has 134 valence electrons. The lowest BCUT2D eigenvalue weighted by Crippen LogP contribution is -2.22. The molecule has 2 aromatic carbocycles. The van der Waals surface area contributed by atoms with E-state index in [0.29, 0.717) is 11.4 Å². The zero-order chi connectivity index (χ0) is 18.7. The normalized spacial score (nSPS) is 10.6. The van der Waals surface area contributed by atoms with Gasteiger partial charge < -0.3 is 10.6 Å². The van der Waals surface area contributed by atoms with Gasteiger partial charge in [0.25, 0.3) is 0 Å². The lowest BCUT2D eigenvalue weighted by atomic mass is 10.2. The van der Waals surface area contributed by atoms with Crippen LogP contribution in [0.15, 0.2) is 48.5 Å². The van der Waals surface area contributed by atoms with Gasteiger partial charge in [-0.15, -0.1) is 0 Å². The van der Waals surface area contributed by atoms with Crippen LogP contribution in [0.4, 0.5) is 20.2 Å². The molecule has 0 fully saturated rings. The van der Waals surface area contributed by atoms with Gasteiger partial charge in [0.2, 0.25) is 5.91 Å². The van der Waals surface area contributed by atoms with E-state index in [1.54, 1.807) is 11.6 Å². The first-order valence-electron chi connectivity index (χ1n) is 8.06. The van der Waals surface area contributed by atoms with E-state index in [2.05, 4.69) is 15.7 Å². The number of para-hydroxylation sites is 1. The summed E-state index contributed by atoms with van der Waals surface area (Å²) in [6.07, 6.45) is 0. The number of carbonyl (C=O) groups is 1. The number of nitrogens with zero attached hydrogens (tertiary/aromatic N) is 2. The summed E-state index contributed by atoms with van der Waals surface area (Å²) in [5.74, 6) is -1.58. The Kier molecular flexibility index (Phi) is 4.97. The van der Waals surface area contributed by atoms with Crippen LogP contribution in [0.25, 0.3) is 5.69 Å². The fourth-order valence-electron chi connectivity index (χ4n) is 2.64. The van der Waals surface area contributed by atoms with Crippen LogP contribution in [0, 0.1) is 25.5 Å². The minimum atomic E-state index is -0.622. The topological polar surface area (TPSA) is 59.0 Å². The molecule has 26 heavy (non-hydrogen) atoms. The monoisotopic (exact) mass is 356 g/mol. The Morgan fingerprint density at radius 2 is 1.85 bits per heavy atom. The predicted molar refractivity (Wildman–Crippen MR) is 96.5 cm³/mol. The number of aromatic nitrogens is 2. The number of rotatable bonds is 5. The van der Waals surface area contributed by atoms with Crippen molar-refractivity contribution in [3.8, 4) is 5.69 Å².